The van der Waals surface area contributed by atoms with Gasteiger partial charge in [0.1, 0.15) is 11.6 Å². The summed E-state index contributed by atoms with van der Waals surface area (Å²) in [6, 6.07) is 17.9. The van der Waals surface area contributed by atoms with Crippen molar-refractivity contribution in [2.24, 2.45) is 0 Å². The molecule has 5 aromatic rings. The maximum Gasteiger partial charge on any atom is 0.131 e. The summed E-state index contributed by atoms with van der Waals surface area (Å²) in [5.41, 5.74) is 4.80. The molecule has 0 aliphatic heterocycles. The minimum atomic E-state index is -0.361. The molecule has 3 aromatic heterocycles. The Morgan fingerprint density at radius 1 is 0.818 bits per heavy atom. The molecule has 0 saturated carbocycles. The number of nitrogens with one attached hydrogen (secondary N) is 2. The lowest BCUT2D eigenvalue weighted by atomic mass is 9.94. The van der Waals surface area contributed by atoms with Gasteiger partial charge in [-0.1, -0.05) is 18.2 Å². The summed E-state index contributed by atoms with van der Waals surface area (Å²) in [6.45, 7) is 0. The first-order chi connectivity index (χ1) is 16.2. The fourth-order valence-electron chi connectivity index (χ4n) is 3.75. The van der Waals surface area contributed by atoms with E-state index >= 15 is 0 Å². The first-order valence-corrected chi connectivity index (χ1v) is 10.3. The molecule has 2 aromatic carbocycles. The number of benzene rings is 2. The SMILES string of the molecule is Fc1ccc(-c2ncc(C(Nc3cccnc3)c3cn[nH]c3)cc2-c2ccccc2F)cc1. The molecule has 0 aliphatic carbocycles. The van der Waals surface area contributed by atoms with Crippen LogP contribution in [0.1, 0.15) is 17.2 Å². The number of hydrogen-bond acceptors (Lipinski definition) is 4. The third-order valence-corrected chi connectivity index (χ3v) is 5.35. The van der Waals surface area contributed by atoms with E-state index in [0.29, 0.717) is 22.4 Å². The molecule has 162 valence electrons. The number of anilines is 1. The van der Waals surface area contributed by atoms with Crippen LogP contribution in [0.15, 0.2) is 97.7 Å². The fourth-order valence-corrected chi connectivity index (χ4v) is 3.75. The first kappa shape index (κ1) is 20.5. The van der Waals surface area contributed by atoms with E-state index in [1.807, 2.05) is 18.2 Å². The standard InChI is InChI=1S/C26H19F2N5/c27-20-9-7-17(8-10-20)26-23(22-5-1-2-6-24(22)28)12-18(13-30-26)25(19-14-31-32-15-19)33-21-4-3-11-29-16-21/h1-16,25,33H,(H,31,32). The number of pyridine rings is 2. The Bertz CT molecular complexity index is 1350. The average molecular weight is 439 g/mol. The number of aromatic nitrogens is 4. The Balaban J connectivity index is 1.66. The van der Waals surface area contributed by atoms with Crippen LogP contribution in [0.4, 0.5) is 14.5 Å². The van der Waals surface area contributed by atoms with E-state index < -0.39 is 0 Å². The summed E-state index contributed by atoms with van der Waals surface area (Å²) >= 11 is 0. The van der Waals surface area contributed by atoms with Crippen LogP contribution in [0.25, 0.3) is 22.4 Å². The molecule has 0 aliphatic rings. The normalized spacial score (nSPS) is 11.8. The van der Waals surface area contributed by atoms with Gasteiger partial charge in [0.2, 0.25) is 0 Å². The number of halogens is 2. The first-order valence-electron chi connectivity index (χ1n) is 10.3. The molecule has 0 fully saturated rings. The lowest BCUT2D eigenvalue weighted by molar-refractivity contribution is 0.628. The van der Waals surface area contributed by atoms with Gasteiger partial charge in [-0.2, -0.15) is 5.10 Å². The predicted octanol–water partition coefficient (Wildman–Crippen LogP) is 6.01. The van der Waals surface area contributed by atoms with E-state index in [1.54, 1.807) is 61.3 Å². The largest absolute Gasteiger partial charge is 0.373 e. The highest BCUT2D eigenvalue weighted by Gasteiger charge is 2.20. The number of hydrogen-bond donors (Lipinski definition) is 2. The van der Waals surface area contributed by atoms with Crippen LogP contribution < -0.4 is 5.32 Å². The lowest BCUT2D eigenvalue weighted by Gasteiger charge is -2.21. The van der Waals surface area contributed by atoms with Gasteiger partial charge in [0, 0.05) is 47.0 Å². The maximum atomic E-state index is 14.9. The third-order valence-electron chi connectivity index (χ3n) is 5.35. The summed E-state index contributed by atoms with van der Waals surface area (Å²) in [7, 11) is 0. The van der Waals surface area contributed by atoms with Gasteiger partial charge >= 0.3 is 0 Å². The topological polar surface area (TPSA) is 66.5 Å². The van der Waals surface area contributed by atoms with Crippen LogP contribution >= 0.6 is 0 Å². The van der Waals surface area contributed by atoms with Crippen LogP contribution in [-0.2, 0) is 0 Å². The zero-order chi connectivity index (χ0) is 22.6. The molecular weight excluding hydrogens is 420 g/mol. The molecule has 7 heteroatoms. The van der Waals surface area contributed by atoms with Gasteiger partial charge in [-0.25, -0.2) is 8.78 Å². The van der Waals surface area contributed by atoms with Crippen molar-refractivity contribution >= 4 is 5.69 Å². The van der Waals surface area contributed by atoms with Crippen molar-refractivity contribution in [1.29, 1.82) is 0 Å². The highest BCUT2D eigenvalue weighted by Crippen LogP contribution is 2.36. The monoisotopic (exact) mass is 439 g/mol. The predicted molar refractivity (Wildman–Crippen MR) is 123 cm³/mol. The second kappa shape index (κ2) is 9.00. The zero-order valence-electron chi connectivity index (χ0n) is 17.4. The molecule has 0 amide bonds. The zero-order valence-corrected chi connectivity index (χ0v) is 17.4. The molecule has 0 bridgehead atoms. The van der Waals surface area contributed by atoms with Gasteiger partial charge < -0.3 is 5.32 Å². The molecule has 3 heterocycles. The van der Waals surface area contributed by atoms with Crippen LogP contribution in [0.5, 0.6) is 0 Å². The Labute approximate surface area is 189 Å². The smallest absolute Gasteiger partial charge is 0.131 e. The number of nitrogens with zero attached hydrogens (tertiary/aromatic N) is 3. The highest BCUT2D eigenvalue weighted by atomic mass is 19.1. The van der Waals surface area contributed by atoms with Crippen LogP contribution in [0, 0.1) is 11.6 Å². The molecule has 33 heavy (non-hydrogen) atoms. The van der Waals surface area contributed by atoms with Gasteiger partial charge in [-0.15, -0.1) is 0 Å². The van der Waals surface area contributed by atoms with Gasteiger partial charge in [0.15, 0.2) is 0 Å². The van der Waals surface area contributed by atoms with Crippen LogP contribution in [0.2, 0.25) is 0 Å². The van der Waals surface area contributed by atoms with Crippen LogP contribution in [0.3, 0.4) is 0 Å². The van der Waals surface area contributed by atoms with E-state index in [0.717, 1.165) is 16.8 Å². The number of rotatable bonds is 6. The number of H-pyrrole nitrogens is 1. The van der Waals surface area contributed by atoms with E-state index in [1.165, 1.54) is 18.2 Å². The summed E-state index contributed by atoms with van der Waals surface area (Å²) in [6.07, 6.45) is 8.69. The van der Waals surface area contributed by atoms with Gasteiger partial charge in [0.05, 0.1) is 23.6 Å². The van der Waals surface area contributed by atoms with Crippen molar-refractivity contribution in [2.45, 2.75) is 6.04 Å². The van der Waals surface area contributed by atoms with E-state index in [9.17, 15) is 8.78 Å². The second-order valence-electron chi connectivity index (χ2n) is 7.50. The number of aromatic amines is 1. The Kier molecular flexibility index (Phi) is 5.59. The fraction of sp³-hybridized carbons (Fsp3) is 0.0385. The molecule has 1 unspecified atom stereocenters. The Morgan fingerprint density at radius 2 is 1.67 bits per heavy atom. The molecule has 0 spiro atoms. The third kappa shape index (κ3) is 4.34. The lowest BCUT2D eigenvalue weighted by Crippen LogP contribution is -2.13. The van der Waals surface area contributed by atoms with E-state index in [2.05, 4.69) is 20.5 Å². The molecule has 5 rings (SSSR count). The highest BCUT2D eigenvalue weighted by molar-refractivity contribution is 5.81. The molecule has 0 radical (unpaired) electrons. The van der Waals surface area contributed by atoms with Crippen molar-refractivity contribution in [2.75, 3.05) is 5.32 Å². The summed E-state index contributed by atoms with van der Waals surface area (Å²) in [4.78, 5) is 8.86. The molecule has 5 nitrogen and oxygen atoms in total. The van der Waals surface area contributed by atoms with E-state index in [-0.39, 0.29) is 17.7 Å². The van der Waals surface area contributed by atoms with Gasteiger partial charge in [-0.05, 0) is 54.1 Å². The Morgan fingerprint density at radius 3 is 2.39 bits per heavy atom. The average Bonchev–Trinajstić information content (AvgIpc) is 3.39. The van der Waals surface area contributed by atoms with Crippen molar-refractivity contribution < 1.29 is 8.78 Å². The van der Waals surface area contributed by atoms with Crippen molar-refractivity contribution in [3.8, 4) is 22.4 Å². The summed E-state index contributed by atoms with van der Waals surface area (Å²) in [5.74, 6) is -0.705. The summed E-state index contributed by atoms with van der Waals surface area (Å²) in [5, 5.41) is 10.4. The Hall–Kier alpha value is -4.39. The minimum Gasteiger partial charge on any atom is -0.373 e. The molecule has 1 atom stereocenters. The van der Waals surface area contributed by atoms with Crippen LogP contribution in [-0.4, -0.2) is 20.2 Å². The summed E-state index contributed by atoms with van der Waals surface area (Å²) < 4.78 is 28.4. The van der Waals surface area contributed by atoms with E-state index in [4.69, 9.17) is 4.98 Å². The van der Waals surface area contributed by atoms with Crippen molar-refractivity contribution in [3.05, 3.63) is 120 Å². The molecular formula is C26H19F2N5. The molecule has 2 N–H and O–H groups in total. The van der Waals surface area contributed by atoms with Crippen molar-refractivity contribution in [1.82, 2.24) is 20.2 Å². The maximum absolute atomic E-state index is 14.9. The second-order valence-corrected chi connectivity index (χ2v) is 7.50. The van der Waals surface area contributed by atoms with Crippen molar-refractivity contribution in [3.63, 3.8) is 0 Å². The minimum absolute atomic E-state index is 0.312. The van der Waals surface area contributed by atoms with Gasteiger partial charge in [-0.3, -0.25) is 15.1 Å². The quantitative estimate of drug-likeness (QED) is 0.340. The van der Waals surface area contributed by atoms with Gasteiger partial charge in [0.25, 0.3) is 0 Å². The molecule has 0 saturated heterocycles.